The van der Waals surface area contributed by atoms with Gasteiger partial charge in [0.2, 0.25) is 0 Å². The lowest BCUT2D eigenvalue weighted by Gasteiger charge is -2.31. The van der Waals surface area contributed by atoms with Crippen LogP contribution in [0.2, 0.25) is 0 Å². The van der Waals surface area contributed by atoms with Crippen LogP contribution >= 0.6 is 0 Å². The van der Waals surface area contributed by atoms with Gasteiger partial charge in [-0.15, -0.1) is 0 Å². The average molecular weight is 390 g/mol. The second-order valence-corrected chi connectivity index (χ2v) is 8.58. The van der Waals surface area contributed by atoms with Gasteiger partial charge in [0.05, 0.1) is 23.8 Å². The number of unbranched alkanes of at least 4 members (excludes halogenated alkanes) is 3. The Bertz CT molecular complexity index is 764. The Balaban J connectivity index is 1.46. The van der Waals surface area contributed by atoms with E-state index >= 15 is 0 Å². The van der Waals surface area contributed by atoms with Crippen molar-refractivity contribution in [3.8, 4) is 17.2 Å². The highest BCUT2D eigenvalue weighted by Crippen LogP contribution is 2.35. The maximum atomic E-state index is 8.95. The number of ether oxygens (including phenoxy) is 1. The molecule has 0 aromatic heterocycles. The third-order valence-corrected chi connectivity index (χ3v) is 6.29. The standard InChI is InChI=1S/C27H35NO/c1-3-4-5-6-7-21(2)29-27-18-16-26(17-19-27)25-14-12-24(13-15-25)23-10-8-22(20-28)9-11-23/h8-15,21,26-27H,3-7,16-19H2,1-2H3/t21?,26-,27-. The molecule has 0 spiro atoms. The fourth-order valence-electron chi connectivity index (χ4n) is 4.47. The van der Waals surface area contributed by atoms with Crippen molar-refractivity contribution < 1.29 is 4.74 Å². The summed E-state index contributed by atoms with van der Waals surface area (Å²) in [4.78, 5) is 0. The molecule has 1 fully saturated rings. The first kappa shape index (κ1) is 21.6. The zero-order valence-corrected chi connectivity index (χ0v) is 18.1. The van der Waals surface area contributed by atoms with Crippen LogP contribution in [0.4, 0.5) is 0 Å². The number of benzene rings is 2. The molecular formula is C27H35NO. The van der Waals surface area contributed by atoms with Crippen LogP contribution in [0, 0.1) is 11.3 Å². The zero-order valence-electron chi connectivity index (χ0n) is 18.1. The maximum Gasteiger partial charge on any atom is 0.0991 e. The van der Waals surface area contributed by atoms with Crippen molar-refractivity contribution in [3.05, 3.63) is 59.7 Å². The molecule has 3 rings (SSSR count). The maximum absolute atomic E-state index is 8.95. The van der Waals surface area contributed by atoms with Gasteiger partial charge in [0.15, 0.2) is 0 Å². The summed E-state index contributed by atoms with van der Waals surface area (Å²) in [5.74, 6) is 0.657. The second kappa shape index (κ2) is 11.2. The van der Waals surface area contributed by atoms with Gasteiger partial charge in [0.1, 0.15) is 0 Å². The lowest BCUT2D eigenvalue weighted by atomic mass is 9.82. The molecular weight excluding hydrogens is 354 g/mol. The second-order valence-electron chi connectivity index (χ2n) is 8.58. The highest BCUT2D eigenvalue weighted by atomic mass is 16.5. The summed E-state index contributed by atoms with van der Waals surface area (Å²) < 4.78 is 6.33. The van der Waals surface area contributed by atoms with E-state index < -0.39 is 0 Å². The molecule has 154 valence electrons. The van der Waals surface area contributed by atoms with Crippen molar-refractivity contribution in [1.82, 2.24) is 0 Å². The minimum atomic E-state index is 0.403. The van der Waals surface area contributed by atoms with E-state index in [1.54, 1.807) is 0 Å². The van der Waals surface area contributed by atoms with Crippen LogP contribution in [0.25, 0.3) is 11.1 Å². The molecule has 0 aliphatic heterocycles. The van der Waals surface area contributed by atoms with Gasteiger partial charge in [-0.25, -0.2) is 0 Å². The number of hydrogen-bond acceptors (Lipinski definition) is 2. The average Bonchev–Trinajstić information content (AvgIpc) is 2.77. The first-order valence-corrected chi connectivity index (χ1v) is 11.5. The van der Waals surface area contributed by atoms with E-state index in [1.165, 1.54) is 74.5 Å². The minimum Gasteiger partial charge on any atom is -0.375 e. The molecule has 2 nitrogen and oxygen atoms in total. The fourth-order valence-corrected chi connectivity index (χ4v) is 4.47. The van der Waals surface area contributed by atoms with Crippen LogP contribution in [-0.4, -0.2) is 12.2 Å². The van der Waals surface area contributed by atoms with Crippen LogP contribution in [-0.2, 0) is 4.74 Å². The molecule has 0 amide bonds. The predicted octanol–water partition coefficient (Wildman–Crippen LogP) is 7.63. The summed E-state index contributed by atoms with van der Waals surface area (Å²) >= 11 is 0. The molecule has 0 saturated heterocycles. The van der Waals surface area contributed by atoms with Crippen LogP contribution in [0.5, 0.6) is 0 Å². The van der Waals surface area contributed by atoms with E-state index in [1.807, 2.05) is 24.3 Å². The smallest absolute Gasteiger partial charge is 0.0991 e. The van der Waals surface area contributed by atoms with Gasteiger partial charge < -0.3 is 4.74 Å². The van der Waals surface area contributed by atoms with Gasteiger partial charge in [-0.1, -0.05) is 69.0 Å². The van der Waals surface area contributed by atoms with Gasteiger partial charge in [0, 0.05) is 0 Å². The van der Waals surface area contributed by atoms with E-state index in [2.05, 4.69) is 44.2 Å². The molecule has 1 aliphatic carbocycles. The van der Waals surface area contributed by atoms with Gasteiger partial charge in [0.25, 0.3) is 0 Å². The number of nitrogens with zero attached hydrogens (tertiary/aromatic N) is 1. The number of hydrogen-bond donors (Lipinski definition) is 0. The van der Waals surface area contributed by atoms with Gasteiger partial charge >= 0.3 is 0 Å². The molecule has 0 bridgehead atoms. The molecule has 2 aromatic rings. The molecule has 1 unspecified atom stereocenters. The Kier molecular flexibility index (Phi) is 8.32. The van der Waals surface area contributed by atoms with E-state index in [4.69, 9.17) is 10.00 Å². The van der Waals surface area contributed by atoms with Crippen molar-refractivity contribution in [2.45, 2.75) is 89.8 Å². The van der Waals surface area contributed by atoms with Crippen LogP contribution in [0.15, 0.2) is 48.5 Å². The highest BCUT2D eigenvalue weighted by Gasteiger charge is 2.24. The SMILES string of the molecule is CCCCCCC(C)O[C@H]1CC[C@H](c2ccc(-c3ccc(C#N)cc3)cc2)CC1. The molecule has 2 heteroatoms. The Morgan fingerprint density at radius 3 is 2.10 bits per heavy atom. The largest absolute Gasteiger partial charge is 0.375 e. The van der Waals surface area contributed by atoms with Crippen molar-refractivity contribution >= 4 is 0 Å². The van der Waals surface area contributed by atoms with E-state index in [9.17, 15) is 0 Å². The monoisotopic (exact) mass is 389 g/mol. The van der Waals surface area contributed by atoms with E-state index in [0.717, 1.165) is 0 Å². The third kappa shape index (κ3) is 6.44. The van der Waals surface area contributed by atoms with Crippen molar-refractivity contribution in [2.24, 2.45) is 0 Å². The Hall–Kier alpha value is -2.11. The molecule has 1 aliphatic rings. The Morgan fingerprint density at radius 2 is 1.52 bits per heavy atom. The molecule has 1 atom stereocenters. The Labute approximate surface area is 176 Å². The lowest BCUT2D eigenvalue weighted by molar-refractivity contribution is -0.0276. The Morgan fingerprint density at radius 1 is 0.897 bits per heavy atom. The van der Waals surface area contributed by atoms with E-state index in [-0.39, 0.29) is 0 Å². The molecule has 0 radical (unpaired) electrons. The number of nitriles is 1. The fraction of sp³-hybridized carbons (Fsp3) is 0.519. The number of rotatable bonds is 9. The first-order chi connectivity index (χ1) is 14.2. The van der Waals surface area contributed by atoms with Crippen LogP contribution in [0.3, 0.4) is 0 Å². The summed E-state index contributed by atoms with van der Waals surface area (Å²) in [6.45, 7) is 4.51. The first-order valence-electron chi connectivity index (χ1n) is 11.5. The molecule has 1 saturated carbocycles. The summed E-state index contributed by atoms with van der Waals surface area (Å²) in [5, 5.41) is 8.95. The molecule has 2 aromatic carbocycles. The topological polar surface area (TPSA) is 33.0 Å². The molecule has 0 heterocycles. The third-order valence-electron chi connectivity index (χ3n) is 6.29. The summed E-state index contributed by atoms with van der Waals surface area (Å²) in [5.41, 5.74) is 4.54. The van der Waals surface area contributed by atoms with Crippen molar-refractivity contribution in [1.29, 1.82) is 5.26 Å². The molecule has 0 N–H and O–H groups in total. The molecule has 29 heavy (non-hydrogen) atoms. The highest BCUT2D eigenvalue weighted by molar-refractivity contribution is 5.64. The summed E-state index contributed by atoms with van der Waals surface area (Å²) in [6, 6.07) is 19.0. The lowest BCUT2D eigenvalue weighted by Crippen LogP contribution is -2.25. The summed E-state index contributed by atoms with van der Waals surface area (Å²) in [7, 11) is 0. The summed E-state index contributed by atoms with van der Waals surface area (Å²) in [6.07, 6.45) is 12.2. The van der Waals surface area contributed by atoms with Crippen molar-refractivity contribution in [2.75, 3.05) is 0 Å². The van der Waals surface area contributed by atoms with Gasteiger partial charge in [-0.2, -0.15) is 5.26 Å². The quantitative estimate of drug-likeness (QED) is 0.413. The predicted molar refractivity (Wildman–Crippen MR) is 121 cm³/mol. The van der Waals surface area contributed by atoms with Crippen LogP contribution in [0.1, 0.15) is 88.7 Å². The van der Waals surface area contributed by atoms with E-state index in [0.29, 0.717) is 23.7 Å². The van der Waals surface area contributed by atoms with Crippen molar-refractivity contribution in [3.63, 3.8) is 0 Å². The van der Waals surface area contributed by atoms with Gasteiger partial charge in [-0.05, 0) is 73.8 Å². The zero-order chi connectivity index (χ0) is 20.5. The minimum absolute atomic E-state index is 0.403. The van der Waals surface area contributed by atoms with Crippen LogP contribution < -0.4 is 0 Å². The normalized spacial score (nSPS) is 20.2. The van der Waals surface area contributed by atoms with Gasteiger partial charge in [-0.3, -0.25) is 0 Å².